The number of nitrogens with one attached hydrogen (secondary N) is 2. The van der Waals surface area contributed by atoms with Gasteiger partial charge in [-0.2, -0.15) is 0 Å². The number of anilines is 2. The summed E-state index contributed by atoms with van der Waals surface area (Å²) < 4.78 is 0. The molecule has 0 aliphatic heterocycles. The summed E-state index contributed by atoms with van der Waals surface area (Å²) in [5.74, 6) is 1.63. The molecule has 5 nitrogen and oxygen atoms in total. The first-order valence-corrected chi connectivity index (χ1v) is 5.98. The maximum Gasteiger partial charge on any atom is 0.131 e. The molecule has 0 bridgehead atoms. The van der Waals surface area contributed by atoms with Gasteiger partial charge in [-0.05, 0) is 18.8 Å². The molecule has 96 valence electrons. The molecule has 0 amide bonds. The molecular weight excluding hydrogens is 216 g/mol. The van der Waals surface area contributed by atoms with Crippen molar-refractivity contribution in [2.24, 2.45) is 5.41 Å². The summed E-state index contributed by atoms with van der Waals surface area (Å²) in [6.45, 7) is 8.08. The molecule has 5 heteroatoms. The van der Waals surface area contributed by atoms with Crippen molar-refractivity contribution in [2.45, 2.75) is 27.2 Å². The van der Waals surface area contributed by atoms with E-state index >= 15 is 0 Å². The molecule has 0 saturated carbocycles. The van der Waals surface area contributed by atoms with Crippen molar-refractivity contribution in [1.29, 1.82) is 0 Å². The lowest BCUT2D eigenvalue weighted by Crippen LogP contribution is -2.24. The van der Waals surface area contributed by atoms with E-state index < -0.39 is 0 Å². The molecule has 0 aliphatic rings. The molecular formula is C12H22N4O. The summed E-state index contributed by atoms with van der Waals surface area (Å²) in [7, 11) is 0. The van der Waals surface area contributed by atoms with Gasteiger partial charge in [0, 0.05) is 25.8 Å². The van der Waals surface area contributed by atoms with Gasteiger partial charge in [-0.3, -0.25) is 0 Å². The van der Waals surface area contributed by atoms with Gasteiger partial charge in [-0.15, -0.1) is 0 Å². The number of hydrogen-bond donors (Lipinski definition) is 3. The Balaban J connectivity index is 2.53. The maximum absolute atomic E-state index is 8.95. The van der Waals surface area contributed by atoms with Gasteiger partial charge in [-0.25, -0.2) is 9.97 Å². The number of hydrogen-bond acceptors (Lipinski definition) is 5. The SMILES string of the molecule is CCNc1cc(NCC(C)(C)CCO)ncn1. The van der Waals surface area contributed by atoms with Crippen molar-refractivity contribution in [2.75, 3.05) is 30.3 Å². The van der Waals surface area contributed by atoms with Gasteiger partial charge in [0.15, 0.2) is 0 Å². The van der Waals surface area contributed by atoms with Gasteiger partial charge in [-0.1, -0.05) is 13.8 Å². The normalized spacial score (nSPS) is 11.3. The first-order chi connectivity index (χ1) is 8.07. The molecule has 0 unspecified atom stereocenters. The first-order valence-electron chi connectivity index (χ1n) is 5.98. The first kappa shape index (κ1) is 13.7. The minimum atomic E-state index is 0.0536. The number of aliphatic hydroxyl groups is 1. The van der Waals surface area contributed by atoms with E-state index in [9.17, 15) is 0 Å². The molecule has 0 radical (unpaired) electrons. The van der Waals surface area contributed by atoms with Crippen molar-refractivity contribution >= 4 is 11.6 Å². The van der Waals surface area contributed by atoms with Gasteiger partial charge in [0.2, 0.25) is 0 Å². The fourth-order valence-corrected chi connectivity index (χ4v) is 1.45. The number of aliphatic hydroxyl groups excluding tert-OH is 1. The van der Waals surface area contributed by atoms with E-state index in [0.29, 0.717) is 0 Å². The van der Waals surface area contributed by atoms with Gasteiger partial charge < -0.3 is 15.7 Å². The summed E-state index contributed by atoms with van der Waals surface area (Å²) in [5, 5.41) is 15.4. The number of aromatic nitrogens is 2. The third-order valence-electron chi connectivity index (χ3n) is 2.56. The van der Waals surface area contributed by atoms with E-state index in [1.807, 2.05) is 13.0 Å². The minimum absolute atomic E-state index is 0.0536. The zero-order valence-corrected chi connectivity index (χ0v) is 10.8. The van der Waals surface area contributed by atoms with Crippen molar-refractivity contribution in [3.8, 4) is 0 Å². The van der Waals surface area contributed by atoms with Crippen LogP contribution in [0.25, 0.3) is 0 Å². The van der Waals surface area contributed by atoms with Crippen LogP contribution >= 0.6 is 0 Å². The third-order valence-corrected chi connectivity index (χ3v) is 2.56. The van der Waals surface area contributed by atoms with Crippen molar-refractivity contribution in [1.82, 2.24) is 9.97 Å². The smallest absolute Gasteiger partial charge is 0.131 e. The van der Waals surface area contributed by atoms with E-state index in [1.165, 1.54) is 0 Å². The minimum Gasteiger partial charge on any atom is -0.396 e. The Morgan fingerprint density at radius 1 is 1.24 bits per heavy atom. The van der Waals surface area contributed by atoms with Crippen LogP contribution in [0.3, 0.4) is 0 Å². The van der Waals surface area contributed by atoms with Crippen LogP contribution in [0, 0.1) is 5.41 Å². The molecule has 0 spiro atoms. The lowest BCUT2D eigenvalue weighted by molar-refractivity contribution is 0.220. The van der Waals surface area contributed by atoms with E-state index in [4.69, 9.17) is 5.11 Å². The lowest BCUT2D eigenvalue weighted by atomic mass is 9.90. The van der Waals surface area contributed by atoms with Gasteiger partial charge in [0.1, 0.15) is 18.0 Å². The average Bonchev–Trinajstić information content (AvgIpc) is 2.28. The highest BCUT2D eigenvalue weighted by Crippen LogP contribution is 2.20. The lowest BCUT2D eigenvalue weighted by Gasteiger charge is -2.24. The molecule has 1 heterocycles. The zero-order valence-electron chi connectivity index (χ0n) is 10.8. The molecule has 0 fully saturated rings. The Labute approximate surface area is 103 Å². The number of nitrogens with zero attached hydrogens (tertiary/aromatic N) is 2. The highest BCUT2D eigenvalue weighted by molar-refractivity contribution is 5.46. The second kappa shape index (κ2) is 6.39. The Morgan fingerprint density at radius 3 is 2.47 bits per heavy atom. The van der Waals surface area contributed by atoms with E-state index in [1.54, 1.807) is 6.33 Å². The monoisotopic (exact) mass is 238 g/mol. The van der Waals surface area contributed by atoms with Crippen molar-refractivity contribution in [3.05, 3.63) is 12.4 Å². The van der Waals surface area contributed by atoms with Crippen LogP contribution in [0.1, 0.15) is 27.2 Å². The summed E-state index contributed by atoms with van der Waals surface area (Å²) >= 11 is 0. The van der Waals surface area contributed by atoms with Crippen molar-refractivity contribution < 1.29 is 5.11 Å². The molecule has 3 N–H and O–H groups in total. The maximum atomic E-state index is 8.95. The van der Waals surface area contributed by atoms with Gasteiger partial charge in [0.25, 0.3) is 0 Å². The van der Waals surface area contributed by atoms with Crippen LogP contribution in [0.15, 0.2) is 12.4 Å². The average molecular weight is 238 g/mol. The van der Waals surface area contributed by atoms with E-state index in [-0.39, 0.29) is 12.0 Å². The molecule has 0 aromatic carbocycles. The Kier molecular flexibility index (Phi) is 5.15. The summed E-state index contributed by atoms with van der Waals surface area (Å²) in [6, 6.07) is 1.89. The predicted molar refractivity (Wildman–Crippen MR) is 70.2 cm³/mol. The molecule has 0 aliphatic carbocycles. The van der Waals surface area contributed by atoms with Crippen LogP contribution in [0.2, 0.25) is 0 Å². The van der Waals surface area contributed by atoms with E-state index in [0.717, 1.165) is 31.1 Å². The third kappa shape index (κ3) is 4.99. The molecule has 1 aromatic heterocycles. The Bertz CT molecular complexity index is 341. The van der Waals surface area contributed by atoms with E-state index in [2.05, 4.69) is 34.4 Å². The highest BCUT2D eigenvalue weighted by Gasteiger charge is 2.16. The molecule has 1 rings (SSSR count). The van der Waals surface area contributed by atoms with Gasteiger partial charge in [0.05, 0.1) is 0 Å². The molecule has 17 heavy (non-hydrogen) atoms. The molecule has 0 saturated heterocycles. The quantitative estimate of drug-likeness (QED) is 0.675. The van der Waals surface area contributed by atoms with Crippen molar-refractivity contribution in [3.63, 3.8) is 0 Å². The van der Waals surface area contributed by atoms with Gasteiger partial charge >= 0.3 is 0 Å². The molecule has 1 aromatic rings. The largest absolute Gasteiger partial charge is 0.396 e. The summed E-state index contributed by atoms with van der Waals surface area (Å²) in [4.78, 5) is 8.27. The summed E-state index contributed by atoms with van der Waals surface area (Å²) in [6.07, 6.45) is 2.31. The van der Waals surface area contributed by atoms with Crippen LogP contribution in [-0.2, 0) is 0 Å². The molecule has 0 atom stereocenters. The standard InChI is InChI=1S/C12H22N4O/c1-4-13-10-7-11(16-9-15-10)14-8-12(2,3)5-6-17/h7,9,17H,4-6,8H2,1-3H3,(H2,13,14,15,16). The fraction of sp³-hybridized carbons (Fsp3) is 0.667. The topological polar surface area (TPSA) is 70.1 Å². The van der Waals surface area contributed by atoms with Crippen LogP contribution in [0.5, 0.6) is 0 Å². The highest BCUT2D eigenvalue weighted by atomic mass is 16.3. The predicted octanol–water partition coefficient (Wildman–Crippen LogP) is 1.73. The Morgan fingerprint density at radius 2 is 1.88 bits per heavy atom. The zero-order chi connectivity index (χ0) is 12.7. The second-order valence-electron chi connectivity index (χ2n) is 4.81. The number of rotatable bonds is 7. The summed E-state index contributed by atoms with van der Waals surface area (Å²) in [5.41, 5.74) is 0.0536. The fourth-order valence-electron chi connectivity index (χ4n) is 1.45. The van der Waals surface area contributed by atoms with Crippen LogP contribution < -0.4 is 10.6 Å². The van der Waals surface area contributed by atoms with Crippen LogP contribution in [0.4, 0.5) is 11.6 Å². The second-order valence-corrected chi connectivity index (χ2v) is 4.81. The Hall–Kier alpha value is -1.36. The van der Waals surface area contributed by atoms with Crippen LogP contribution in [-0.4, -0.2) is 34.8 Å².